The fourth-order valence-electron chi connectivity index (χ4n) is 2.92. The number of nitrogens with zero attached hydrogens (tertiary/aromatic N) is 1. The Bertz CT molecular complexity index is 649. The molecule has 0 aliphatic carbocycles. The van der Waals surface area contributed by atoms with Crippen molar-refractivity contribution in [3.8, 4) is 0 Å². The molecule has 2 amide bonds. The number of carbonyl (C=O) groups excluding carboxylic acids is 3. The number of amides is 2. The SMILES string of the molecule is CC(C)(C)OC(=O)N1C(=O)C(Cc2ccccc2)CC1(C)C(=O)[O-]. The maximum atomic E-state index is 12.7. The first-order chi connectivity index (χ1) is 11.0. The van der Waals surface area contributed by atoms with Crippen LogP contribution in [-0.4, -0.2) is 34.0 Å². The standard InChI is InChI=1S/C18H23NO5/c1-17(2,3)24-16(23)19-14(20)13(11-18(19,4)15(21)22)10-12-8-6-5-7-9-12/h5-9,13H,10-11H2,1-4H3,(H,21,22)/p-1. The Morgan fingerprint density at radius 3 is 2.38 bits per heavy atom. The maximum Gasteiger partial charge on any atom is 0.417 e. The van der Waals surface area contributed by atoms with Crippen LogP contribution >= 0.6 is 0 Å². The lowest BCUT2D eigenvalue weighted by Gasteiger charge is -2.35. The second-order valence-electron chi connectivity index (χ2n) is 7.31. The van der Waals surface area contributed by atoms with E-state index in [0.717, 1.165) is 5.56 Å². The van der Waals surface area contributed by atoms with Crippen molar-refractivity contribution < 1.29 is 24.2 Å². The van der Waals surface area contributed by atoms with Crippen LogP contribution in [0.1, 0.15) is 39.7 Å². The molecule has 1 aromatic carbocycles. The molecule has 1 aliphatic heterocycles. The molecule has 0 N–H and O–H groups in total. The third-order valence-electron chi connectivity index (χ3n) is 4.05. The molecule has 6 heteroatoms. The van der Waals surface area contributed by atoms with Gasteiger partial charge in [0.1, 0.15) is 5.60 Å². The lowest BCUT2D eigenvalue weighted by Crippen LogP contribution is -2.58. The van der Waals surface area contributed by atoms with Crippen LogP contribution in [-0.2, 0) is 20.7 Å². The monoisotopic (exact) mass is 332 g/mol. The van der Waals surface area contributed by atoms with Gasteiger partial charge in [-0.1, -0.05) is 30.3 Å². The molecule has 0 saturated carbocycles. The molecule has 1 fully saturated rings. The molecule has 2 rings (SSSR count). The smallest absolute Gasteiger partial charge is 0.417 e. The molecule has 1 aliphatic rings. The molecule has 0 radical (unpaired) electrons. The maximum absolute atomic E-state index is 12.7. The van der Waals surface area contributed by atoms with Crippen LogP contribution in [0.4, 0.5) is 4.79 Å². The van der Waals surface area contributed by atoms with Gasteiger partial charge in [0.25, 0.3) is 0 Å². The summed E-state index contributed by atoms with van der Waals surface area (Å²) in [5, 5.41) is 11.6. The van der Waals surface area contributed by atoms with Crippen molar-refractivity contribution in [2.24, 2.45) is 5.92 Å². The third kappa shape index (κ3) is 3.58. The van der Waals surface area contributed by atoms with E-state index in [-0.39, 0.29) is 6.42 Å². The molecule has 2 atom stereocenters. The van der Waals surface area contributed by atoms with Crippen LogP contribution in [0.25, 0.3) is 0 Å². The average molecular weight is 332 g/mol. The van der Waals surface area contributed by atoms with Crippen LogP contribution in [0.3, 0.4) is 0 Å². The molecule has 6 nitrogen and oxygen atoms in total. The highest BCUT2D eigenvalue weighted by atomic mass is 16.6. The number of benzene rings is 1. The average Bonchev–Trinajstić information content (AvgIpc) is 2.70. The number of carbonyl (C=O) groups is 3. The molecule has 1 aromatic rings. The van der Waals surface area contributed by atoms with Gasteiger partial charge in [-0.3, -0.25) is 4.79 Å². The van der Waals surface area contributed by atoms with Crippen LogP contribution in [0.5, 0.6) is 0 Å². The van der Waals surface area contributed by atoms with Crippen molar-refractivity contribution in [1.29, 1.82) is 0 Å². The predicted molar refractivity (Wildman–Crippen MR) is 84.7 cm³/mol. The molecular weight excluding hydrogens is 310 g/mol. The highest BCUT2D eigenvalue weighted by Crippen LogP contribution is 2.37. The predicted octanol–water partition coefficient (Wildman–Crippen LogP) is 1.52. The number of hydrogen-bond donors (Lipinski definition) is 0. The van der Waals surface area contributed by atoms with Gasteiger partial charge in [-0.2, -0.15) is 0 Å². The van der Waals surface area contributed by atoms with Crippen molar-refractivity contribution in [2.45, 2.75) is 51.7 Å². The first kappa shape index (κ1) is 18.0. The van der Waals surface area contributed by atoms with E-state index in [0.29, 0.717) is 11.3 Å². The van der Waals surface area contributed by atoms with Crippen LogP contribution in [0.2, 0.25) is 0 Å². The molecule has 1 heterocycles. The number of hydrogen-bond acceptors (Lipinski definition) is 5. The molecule has 24 heavy (non-hydrogen) atoms. The summed E-state index contributed by atoms with van der Waals surface area (Å²) < 4.78 is 5.21. The van der Waals surface area contributed by atoms with Gasteiger partial charge in [-0.05, 0) is 46.1 Å². The lowest BCUT2D eigenvalue weighted by atomic mass is 9.90. The molecule has 0 spiro atoms. The summed E-state index contributed by atoms with van der Waals surface area (Å²) in [7, 11) is 0. The highest BCUT2D eigenvalue weighted by Gasteiger charge is 2.53. The fourth-order valence-corrected chi connectivity index (χ4v) is 2.92. The van der Waals surface area contributed by atoms with Gasteiger partial charge in [0, 0.05) is 5.92 Å². The minimum atomic E-state index is -1.71. The van der Waals surface area contributed by atoms with Crippen LogP contribution in [0, 0.1) is 5.92 Å². The van der Waals surface area contributed by atoms with Gasteiger partial charge in [0.15, 0.2) is 0 Å². The zero-order chi connectivity index (χ0) is 18.1. The number of carboxylic acids is 1. The minimum absolute atomic E-state index is 0.00229. The first-order valence-electron chi connectivity index (χ1n) is 7.87. The van der Waals surface area contributed by atoms with E-state index in [1.165, 1.54) is 6.92 Å². The summed E-state index contributed by atoms with van der Waals surface area (Å²) in [6.07, 6.45) is -0.584. The van der Waals surface area contributed by atoms with Gasteiger partial charge in [-0.15, -0.1) is 0 Å². The number of imide groups is 1. The van der Waals surface area contributed by atoms with E-state index >= 15 is 0 Å². The van der Waals surface area contributed by atoms with E-state index in [1.807, 2.05) is 30.3 Å². The van der Waals surface area contributed by atoms with E-state index in [4.69, 9.17) is 4.74 Å². The molecule has 2 unspecified atom stereocenters. The Balaban J connectivity index is 2.29. The van der Waals surface area contributed by atoms with Gasteiger partial charge in [0.05, 0.1) is 11.5 Å². The topological polar surface area (TPSA) is 86.7 Å². The van der Waals surface area contributed by atoms with Crippen molar-refractivity contribution in [3.05, 3.63) is 35.9 Å². The van der Waals surface area contributed by atoms with Gasteiger partial charge >= 0.3 is 6.09 Å². The Kier molecular flexibility index (Phi) is 4.69. The summed E-state index contributed by atoms with van der Waals surface area (Å²) >= 11 is 0. The zero-order valence-electron chi connectivity index (χ0n) is 14.4. The number of carboxylic acid groups (broad SMARTS) is 1. The molecular formula is C18H22NO5-. The minimum Gasteiger partial charge on any atom is -0.548 e. The Labute approximate surface area is 141 Å². The highest BCUT2D eigenvalue weighted by molar-refractivity contribution is 6.02. The van der Waals surface area contributed by atoms with E-state index in [9.17, 15) is 19.5 Å². The van der Waals surface area contributed by atoms with E-state index in [2.05, 4.69) is 0 Å². The number of aliphatic carboxylic acids is 1. The largest absolute Gasteiger partial charge is 0.548 e. The summed E-state index contributed by atoms with van der Waals surface area (Å²) in [6, 6.07) is 9.27. The summed E-state index contributed by atoms with van der Waals surface area (Å²) in [5.74, 6) is -2.61. The molecule has 0 aromatic heterocycles. The van der Waals surface area contributed by atoms with Gasteiger partial charge in [-0.25, -0.2) is 9.69 Å². The number of likely N-dealkylation sites (tertiary alicyclic amines) is 1. The second-order valence-corrected chi connectivity index (χ2v) is 7.31. The van der Waals surface area contributed by atoms with E-state index < -0.39 is 35.0 Å². The number of ether oxygens (including phenoxy) is 1. The normalized spacial score (nSPS) is 24.1. The Morgan fingerprint density at radius 1 is 1.29 bits per heavy atom. The zero-order valence-corrected chi connectivity index (χ0v) is 14.4. The second kappa shape index (κ2) is 6.26. The third-order valence-corrected chi connectivity index (χ3v) is 4.05. The summed E-state index contributed by atoms with van der Waals surface area (Å²) in [5.41, 5.74) is -1.64. The van der Waals surface area contributed by atoms with Crippen molar-refractivity contribution in [2.75, 3.05) is 0 Å². The molecule has 1 saturated heterocycles. The van der Waals surface area contributed by atoms with Crippen molar-refractivity contribution in [3.63, 3.8) is 0 Å². The molecule has 0 bridgehead atoms. The van der Waals surface area contributed by atoms with Crippen LogP contribution in [0.15, 0.2) is 30.3 Å². The quantitative estimate of drug-likeness (QED) is 0.837. The van der Waals surface area contributed by atoms with Gasteiger partial charge < -0.3 is 14.6 Å². The lowest BCUT2D eigenvalue weighted by molar-refractivity contribution is -0.316. The first-order valence-corrected chi connectivity index (χ1v) is 7.87. The Hall–Kier alpha value is -2.37. The van der Waals surface area contributed by atoms with E-state index in [1.54, 1.807) is 20.8 Å². The molecule has 130 valence electrons. The van der Waals surface area contributed by atoms with Crippen molar-refractivity contribution >= 4 is 18.0 Å². The fraction of sp³-hybridized carbons (Fsp3) is 0.500. The summed E-state index contributed by atoms with van der Waals surface area (Å²) in [4.78, 5) is 37.4. The summed E-state index contributed by atoms with van der Waals surface area (Å²) in [6.45, 7) is 6.30. The van der Waals surface area contributed by atoms with Gasteiger partial charge in [0.2, 0.25) is 5.91 Å². The Morgan fingerprint density at radius 2 is 1.88 bits per heavy atom. The number of rotatable bonds is 3. The van der Waals surface area contributed by atoms with Crippen LogP contribution < -0.4 is 5.11 Å². The van der Waals surface area contributed by atoms with Crippen molar-refractivity contribution in [1.82, 2.24) is 4.90 Å².